The average Bonchev–Trinajstić information content (AvgIpc) is 3.43. The van der Waals surface area contributed by atoms with Crippen LogP contribution < -0.4 is 10.1 Å². The van der Waals surface area contributed by atoms with Crippen molar-refractivity contribution in [2.24, 2.45) is 0 Å². The third kappa shape index (κ3) is 5.40. The molecule has 39 heavy (non-hydrogen) atoms. The van der Waals surface area contributed by atoms with E-state index in [2.05, 4.69) is 34.5 Å². The number of likely N-dealkylation sites (tertiary alicyclic amines) is 1. The minimum absolute atomic E-state index is 0.113. The van der Waals surface area contributed by atoms with Crippen LogP contribution in [-0.4, -0.2) is 51.6 Å². The van der Waals surface area contributed by atoms with Crippen molar-refractivity contribution >= 4 is 11.6 Å². The van der Waals surface area contributed by atoms with Gasteiger partial charge < -0.3 is 10.1 Å². The molecule has 3 aromatic carbocycles. The van der Waals surface area contributed by atoms with Gasteiger partial charge in [0.15, 0.2) is 5.65 Å². The van der Waals surface area contributed by atoms with Gasteiger partial charge in [-0.2, -0.15) is 5.10 Å². The summed E-state index contributed by atoms with van der Waals surface area (Å²) in [6.45, 7) is 2.83. The summed E-state index contributed by atoms with van der Waals surface area (Å²) in [5.74, 6) is 0.538. The monoisotopic (exact) mass is 517 g/mol. The minimum Gasteiger partial charge on any atom is -0.496 e. The Morgan fingerprint density at radius 2 is 1.62 bits per heavy atom. The molecule has 0 saturated carbocycles. The second-order valence-corrected chi connectivity index (χ2v) is 9.90. The van der Waals surface area contributed by atoms with Crippen LogP contribution in [0.1, 0.15) is 28.9 Å². The number of methoxy groups -OCH3 is 1. The zero-order valence-corrected chi connectivity index (χ0v) is 22.0. The van der Waals surface area contributed by atoms with Gasteiger partial charge in [0.1, 0.15) is 11.4 Å². The van der Waals surface area contributed by atoms with E-state index >= 15 is 0 Å². The third-order valence-electron chi connectivity index (χ3n) is 7.28. The van der Waals surface area contributed by atoms with Gasteiger partial charge in [-0.15, -0.1) is 0 Å². The summed E-state index contributed by atoms with van der Waals surface area (Å²) in [7, 11) is 1.65. The lowest BCUT2D eigenvalue weighted by atomic mass is 10.0. The molecule has 0 spiro atoms. The number of nitrogens with zero attached hydrogens (tertiary/aromatic N) is 4. The van der Waals surface area contributed by atoms with E-state index in [9.17, 15) is 4.79 Å². The molecule has 6 rings (SSSR count). The van der Waals surface area contributed by atoms with Gasteiger partial charge in [0.2, 0.25) is 0 Å². The Bertz CT molecular complexity index is 1570. The SMILES string of the molecule is COc1ccccc1-c1cc(C(=O)NC2CCN(Cc3ccccc3)CC2)nc2cc(-c3ccccc3)nn12. The lowest BCUT2D eigenvalue weighted by molar-refractivity contribution is 0.0904. The number of nitrogens with one attached hydrogen (secondary N) is 1. The molecule has 1 aliphatic heterocycles. The number of aromatic nitrogens is 3. The van der Waals surface area contributed by atoms with Crippen LogP contribution in [-0.2, 0) is 6.54 Å². The maximum atomic E-state index is 13.5. The first-order valence-electron chi connectivity index (χ1n) is 13.3. The zero-order valence-electron chi connectivity index (χ0n) is 22.0. The fourth-order valence-corrected chi connectivity index (χ4v) is 5.23. The lowest BCUT2D eigenvalue weighted by Crippen LogP contribution is -2.44. The quantitative estimate of drug-likeness (QED) is 0.310. The summed E-state index contributed by atoms with van der Waals surface area (Å²) in [5, 5.41) is 8.10. The van der Waals surface area contributed by atoms with Gasteiger partial charge in [-0.25, -0.2) is 9.50 Å². The van der Waals surface area contributed by atoms with Gasteiger partial charge >= 0.3 is 0 Å². The Morgan fingerprint density at radius 3 is 2.36 bits per heavy atom. The number of ether oxygens (including phenoxy) is 1. The molecule has 7 heteroatoms. The van der Waals surface area contributed by atoms with Crippen molar-refractivity contribution in [3.05, 3.63) is 108 Å². The van der Waals surface area contributed by atoms with Gasteiger partial charge in [0.05, 0.1) is 18.5 Å². The smallest absolute Gasteiger partial charge is 0.270 e. The Morgan fingerprint density at radius 1 is 0.923 bits per heavy atom. The fraction of sp³-hybridized carbons (Fsp3) is 0.219. The predicted octanol–water partition coefficient (Wildman–Crippen LogP) is 5.47. The van der Waals surface area contributed by atoms with Gasteiger partial charge in [-0.1, -0.05) is 72.8 Å². The van der Waals surface area contributed by atoms with Crippen LogP contribution >= 0.6 is 0 Å². The number of benzene rings is 3. The maximum Gasteiger partial charge on any atom is 0.270 e. The maximum absolute atomic E-state index is 13.5. The molecule has 0 unspecified atom stereocenters. The van der Waals surface area contributed by atoms with Crippen molar-refractivity contribution in [2.75, 3.05) is 20.2 Å². The average molecular weight is 518 g/mol. The van der Waals surface area contributed by atoms with Crippen molar-refractivity contribution < 1.29 is 9.53 Å². The molecule has 0 radical (unpaired) electrons. The fourth-order valence-electron chi connectivity index (χ4n) is 5.23. The molecule has 0 atom stereocenters. The lowest BCUT2D eigenvalue weighted by Gasteiger charge is -2.32. The van der Waals surface area contributed by atoms with E-state index in [1.165, 1.54) is 5.56 Å². The number of rotatable bonds is 7. The molecule has 0 bridgehead atoms. The molecule has 1 saturated heterocycles. The van der Waals surface area contributed by atoms with Crippen molar-refractivity contribution in [1.82, 2.24) is 24.8 Å². The number of amides is 1. The topological polar surface area (TPSA) is 71.8 Å². The van der Waals surface area contributed by atoms with E-state index in [0.717, 1.165) is 55.0 Å². The molecular formula is C32H31N5O2. The van der Waals surface area contributed by atoms with Crippen LogP contribution in [0.2, 0.25) is 0 Å². The van der Waals surface area contributed by atoms with Crippen LogP contribution in [0.5, 0.6) is 5.75 Å². The number of para-hydroxylation sites is 1. The summed E-state index contributed by atoms with van der Waals surface area (Å²) >= 11 is 0. The Labute approximate surface area is 228 Å². The molecule has 0 aliphatic carbocycles. The van der Waals surface area contributed by atoms with Crippen molar-refractivity contribution in [2.45, 2.75) is 25.4 Å². The number of fused-ring (bicyclic) bond motifs is 1. The van der Waals surface area contributed by atoms with Crippen LogP contribution in [0.25, 0.3) is 28.2 Å². The first-order valence-corrected chi connectivity index (χ1v) is 13.3. The highest BCUT2D eigenvalue weighted by Crippen LogP contribution is 2.31. The summed E-state index contributed by atoms with van der Waals surface area (Å²) < 4.78 is 7.44. The van der Waals surface area contributed by atoms with E-state index in [0.29, 0.717) is 17.1 Å². The molecule has 7 nitrogen and oxygen atoms in total. The van der Waals surface area contributed by atoms with Crippen LogP contribution in [0, 0.1) is 0 Å². The third-order valence-corrected chi connectivity index (χ3v) is 7.28. The van der Waals surface area contributed by atoms with Crippen molar-refractivity contribution in [1.29, 1.82) is 0 Å². The molecule has 3 heterocycles. The first kappa shape index (κ1) is 24.8. The largest absolute Gasteiger partial charge is 0.496 e. The first-order chi connectivity index (χ1) is 19.2. The summed E-state index contributed by atoms with van der Waals surface area (Å²) in [4.78, 5) is 20.7. The number of hydrogen-bond donors (Lipinski definition) is 1. The van der Waals surface area contributed by atoms with Gasteiger partial charge in [-0.05, 0) is 36.6 Å². The molecular weight excluding hydrogens is 486 g/mol. The van der Waals surface area contributed by atoms with E-state index in [-0.39, 0.29) is 11.9 Å². The Hall–Kier alpha value is -4.49. The molecule has 5 aromatic rings. The van der Waals surface area contributed by atoms with Crippen LogP contribution in [0.4, 0.5) is 0 Å². The molecule has 1 aliphatic rings. The zero-order chi connectivity index (χ0) is 26.6. The highest BCUT2D eigenvalue weighted by atomic mass is 16.5. The number of carbonyl (C=O) groups excluding carboxylic acids is 1. The minimum atomic E-state index is -0.169. The summed E-state index contributed by atoms with van der Waals surface area (Å²) in [5.41, 5.74) is 5.68. The number of piperidine rings is 1. The van der Waals surface area contributed by atoms with E-state index in [1.807, 2.05) is 72.8 Å². The molecule has 2 aromatic heterocycles. The number of hydrogen-bond acceptors (Lipinski definition) is 5. The van der Waals surface area contributed by atoms with Crippen molar-refractivity contribution in [3.8, 4) is 28.3 Å². The Balaban J connectivity index is 1.26. The Kier molecular flexibility index (Phi) is 7.06. The highest BCUT2D eigenvalue weighted by Gasteiger charge is 2.23. The predicted molar refractivity (Wildman–Crippen MR) is 153 cm³/mol. The van der Waals surface area contributed by atoms with E-state index in [4.69, 9.17) is 14.8 Å². The van der Waals surface area contributed by atoms with Gasteiger partial charge in [0.25, 0.3) is 5.91 Å². The standard InChI is InChI=1S/C32H31N5O2/c1-39-30-15-9-8-14-26(30)29-20-28(34-31-21-27(35-37(29)31)24-12-6-3-7-13-24)32(38)33-25-16-18-36(19-17-25)22-23-10-4-2-5-11-23/h2-15,20-21,25H,16-19,22H2,1H3,(H,33,38). The normalized spacial score (nSPS) is 14.4. The summed E-state index contributed by atoms with van der Waals surface area (Å²) in [6, 6.07) is 32.1. The molecule has 1 amide bonds. The van der Waals surface area contributed by atoms with E-state index < -0.39 is 0 Å². The van der Waals surface area contributed by atoms with Crippen LogP contribution in [0.3, 0.4) is 0 Å². The molecule has 1 N–H and O–H groups in total. The van der Waals surface area contributed by atoms with Gasteiger partial charge in [0, 0.05) is 42.9 Å². The van der Waals surface area contributed by atoms with Gasteiger partial charge in [-0.3, -0.25) is 9.69 Å². The van der Waals surface area contributed by atoms with E-state index in [1.54, 1.807) is 11.6 Å². The van der Waals surface area contributed by atoms with Crippen LogP contribution in [0.15, 0.2) is 97.1 Å². The van der Waals surface area contributed by atoms with Crippen molar-refractivity contribution in [3.63, 3.8) is 0 Å². The molecule has 196 valence electrons. The number of carbonyl (C=O) groups is 1. The molecule has 1 fully saturated rings. The second kappa shape index (κ2) is 11.1. The highest BCUT2D eigenvalue weighted by molar-refractivity contribution is 5.94. The summed E-state index contributed by atoms with van der Waals surface area (Å²) in [6.07, 6.45) is 1.82. The second-order valence-electron chi connectivity index (χ2n) is 9.90.